The van der Waals surface area contributed by atoms with E-state index >= 15 is 0 Å². The van der Waals surface area contributed by atoms with E-state index in [2.05, 4.69) is 15.2 Å². The van der Waals surface area contributed by atoms with Crippen molar-refractivity contribution in [1.82, 2.24) is 25.1 Å². The number of carbonyl (C=O) groups is 2. The number of nitrogens with one attached hydrogen (secondary N) is 2. The summed E-state index contributed by atoms with van der Waals surface area (Å²) in [7, 11) is 0. The summed E-state index contributed by atoms with van der Waals surface area (Å²) in [5, 5.41) is 3.17. The average molecular weight is 490 g/mol. The second-order valence-corrected chi connectivity index (χ2v) is 10.6. The Bertz CT molecular complexity index is 1230. The molecule has 0 unspecified atom stereocenters. The molecule has 1 saturated carbocycles. The van der Waals surface area contributed by atoms with E-state index in [1.807, 2.05) is 24.3 Å². The van der Waals surface area contributed by atoms with Crippen molar-refractivity contribution in [2.24, 2.45) is 5.92 Å². The molecule has 1 aromatic heterocycles. The maximum atomic E-state index is 14.0. The molecule has 0 spiro atoms. The molecule has 0 radical (unpaired) electrons. The molecule has 2 N–H and O–H groups in total. The Morgan fingerprint density at radius 1 is 0.972 bits per heavy atom. The summed E-state index contributed by atoms with van der Waals surface area (Å²) in [6, 6.07) is 14.0. The van der Waals surface area contributed by atoms with Crippen LogP contribution in [-0.4, -0.2) is 56.4 Å². The lowest BCUT2D eigenvalue weighted by Gasteiger charge is -2.41. The van der Waals surface area contributed by atoms with Gasteiger partial charge in [0.1, 0.15) is 17.2 Å². The van der Waals surface area contributed by atoms with E-state index in [-0.39, 0.29) is 29.7 Å². The maximum absolute atomic E-state index is 14.0. The molecule has 3 aromatic rings. The van der Waals surface area contributed by atoms with Gasteiger partial charge in [-0.2, -0.15) is 0 Å². The molecule has 3 amide bonds. The molecule has 188 valence electrons. The molecule has 1 atom stereocenters. The topological polar surface area (TPSA) is 81.3 Å². The summed E-state index contributed by atoms with van der Waals surface area (Å²) in [5.74, 6) is 0.547. The summed E-state index contributed by atoms with van der Waals surface area (Å²) < 4.78 is 13.6. The zero-order valence-electron chi connectivity index (χ0n) is 20.4. The molecule has 8 heteroatoms. The van der Waals surface area contributed by atoms with E-state index < -0.39 is 5.54 Å². The average Bonchev–Trinajstić information content (AvgIpc) is 3.60. The van der Waals surface area contributed by atoms with Gasteiger partial charge in [0.25, 0.3) is 5.91 Å². The molecule has 0 bridgehead atoms. The van der Waals surface area contributed by atoms with Gasteiger partial charge in [-0.3, -0.25) is 14.6 Å². The summed E-state index contributed by atoms with van der Waals surface area (Å²) >= 11 is 0. The van der Waals surface area contributed by atoms with Gasteiger partial charge in [-0.15, -0.1) is 0 Å². The first-order chi connectivity index (χ1) is 17.5. The standard InChI is InChI=1S/C28H32FN5O2/c29-21-11-9-19(10-12-21)17-28(26(35)34(27(36)32-28)22-5-1-2-6-22)20-13-15-33(16-14-20)18-25-30-23-7-3-4-8-24(23)31-25/h3-4,7-12,20,22H,1-2,5-6,13-18H2,(H,30,31)(H,32,36)/t28-/m1/s1. The Morgan fingerprint density at radius 2 is 1.69 bits per heavy atom. The van der Waals surface area contributed by atoms with Crippen LogP contribution in [0.15, 0.2) is 48.5 Å². The smallest absolute Gasteiger partial charge is 0.325 e. The van der Waals surface area contributed by atoms with Gasteiger partial charge in [0.2, 0.25) is 0 Å². The number of halogens is 1. The minimum atomic E-state index is -0.983. The van der Waals surface area contributed by atoms with Gasteiger partial charge in [-0.1, -0.05) is 37.1 Å². The van der Waals surface area contributed by atoms with E-state index in [0.29, 0.717) is 6.42 Å². The first-order valence-corrected chi connectivity index (χ1v) is 13.1. The molecule has 2 aliphatic heterocycles. The predicted octanol–water partition coefficient (Wildman–Crippen LogP) is 4.39. The number of urea groups is 1. The number of piperidine rings is 1. The highest BCUT2D eigenvalue weighted by Gasteiger charge is 2.57. The van der Waals surface area contributed by atoms with Crippen LogP contribution in [0.1, 0.15) is 49.9 Å². The third-order valence-corrected chi connectivity index (χ3v) is 8.33. The molecule has 3 fully saturated rings. The van der Waals surface area contributed by atoms with E-state index in [1.54, 1.807) is 12.1 Å². The Labute approximate surface area is 210 Å². The van der Waals surface area contributed by atoms with Crippen LogP contribution in [0.3, 0.4) is 0 Å². The molecule has 7 nitrogen and oxygen atoms in total. The fraction of sp³-hybridized carbons (Fsp3) is 0.464. The highest BCUT2D eigenvalue weighted by molar-refractivity contribution is 6.07. The van der Waals surface area contributed by atoms with E-state index in [9.17, 15) is 14.0 Å². The monoisotopic (exact) mass is 489 g/mol. The van der Waals surface area contributed by atoms with Gasteiger partial charge < -0.3 is 10.3 Å². The van der Waals surface area contributed by atoms with Crippen molar-refractivity contribution >= 4 is 23.0 Å². The predicted molar refractivity (Wildman–Crippen MR) is 135 cm³/mol. The highest BCUT2D eigenvalue weighted by Crippen LogP contribution is 2.39. The Morgan fingerprint density at radius 3 is 2.42 bits per heavy atom. The van der Waals surface area contributed by atoms with Gasteiger partial charge in [0.05, 0.1) is 17.6 Å². The van der Waals surface area contributed by atoms with Crippen LogP contribution in [0.4, 0.5) is 9.18 Å². The first kappa shape index (κ1) is 23.2. The Balaban J connectivity index is 1.21. The van der Waals surface area contributed by atoms with Crippen molar-refractivity contribution in [3.05, 3.63) is 65.7 Å². The van der Waals surface area contributed by atoms with Crippen molar-refractivity contribution < 1.29 is 14.0 Å². The number of imide groups is 1. The van der Waals surface area contributed by atoms with Gasteiger partial charge in [-0.05, 0) is 74.5 Å². The minimum Gasteiger partial charge on any atom is -0.341 e. The second kappa shape index (κ2) is 9.32. The number of likely N-dealkylation sites (tertiary alicyclic amines) is 1. The number of aromatic nitrogens is 2. The largest absolute Gasteiger partial charge is 0.341 e. The number of carbonyl (C=O) groups excluding carboxylic acids is 2. The van der Waals surface area contributed by atoms with Gasteiger partial charge in [0.15, 0.2) is 0 Å². The molecule has 2 aromatic carbocycles. The Kier molecular flexibility index (Phi) is 5.99. The summed E-state index contributed by atoms with van der Waals surface area (Å²) in [6.45, 7) is 2.36. The SMILES string of the molecule is O=C1N[C@](Cc2ccc(F)cc2)(C2CCN(Cc3nc4ccccc4[nH]3)CC2)C(=O)N1C1CCCC1. The maximum Gasteiger partial charge on any atom is 0.325 e. The zero-order valence-corrected chi connectivity index (χ0v) is 20.4. The van der Waals surface area contributed by atoms with Gasteiger partial charge in [0, 0.05) is 12.5 Å². The quantitative estimate of drug-likeness (QED) is 0.503. The lowest BCUT2D eigenvalue weighted by molar-refractivity contribution is -0.135. The number of hydrogen-bond donors (Lipinski definition) is 2. The fourth-order valence-corrected chi connectivity index (χ4v) is 6.45. The van der Waals surface area contributed by atoms with E-state index in [0.717, 1.165) is 80.6 Å². The van der Waals surface area contributed by atoms with Crippen LogP contribution < -0.4 is 5.32 Å². The van der Waals surface area contributed by atoms with Crippen LogP contribution >= 0.6 is 0 Å². The number of benzene rings is 2. The van der Waals surface area contributed by atoms with Gasteiger partial charge in [-0.25, -0.2) is 14.2 Å². The molecule has 6 rings (SSSR count). The van der Waals surface area contributed by atoms with E-state index in [4.69, 9.17) is 4.98 Å². The number of fused-ring (bicyclic) bond motifs is 1. The Hall–Kier alpha value is -3.26. The van der Waals surface area contributed by atoms with Crippen molar-refractivity contribution in [1.29, 1.82) is 0 Å². The van der Waals surface area contributed by atoms with Crippen LogP contribution in [-0.2, 0) is 17.8 Å². The number of amides is 3. The molecule has 2 saturated heterocycles. The molecule has 3 aliphatic rings. The third-order valence-electron chi connectivity index (χ3n) is 8.33. The lowest BCUT2D eigenvalue weighted by atomic mass is 9.73. The molecule has 1 aliphatic carbocycles. The second-order valence-electron chi connectivity index (χ2n) is 10.6. The number of para-hydroxylation sites is 2. The fourth-order valence-electron chi connectivity index (χ4n) is 6.45. The van der Waals surface area contributed by atoms with Crippen LogP contribution in [0.2, 0.25) is 0 Å². The molecular formula is C28H32FN5O2. The van der Waals surface area contributed by atoms with Crippen molar-refractivity contribution in [2.75, 3.05) is 13.1 Å². The van der Waals surface area contributed by atoms with Crippen molar-refractivity contribution in [2.45, 2.75) is 63.1 Å². The summed E-state index contributed by atoms with van der Waals surface area (Å²) in [6.07, 6.45) is 5.83. The number of H-pyrrole nitrogens is 1. The number of hydrogen-bond acceptors (Lipinski definition) is 4. The molecular weight excluding hydrogens is 457 g/mol. The zero-order chi connectivity index (χ0) is 24.7. The lowest BCUT2D eigenvalue weighted by Crippen LogP contribution is -2.57. The van der Waals surface area contributed by atoms with Crippen LogP contribution in [0.25, 0.3) is 11.0 Å². The van der Waals surface area contributed by atoms with Gasteiger partial charge >= 0.3 is 6.03 Å². The van der Waals surface area contributed by atoms with Crippen molar-refractivity contribution in [3.63, 3.8) is 0 Å². The summed E-state index contributed by atoms with van der Waals surface area (Å²) in [5.41, 5.74) is 1.88. The first-order valence-electron chi connectivity index (χ1n) is 13.1. The third kappa shape index (κ3) is 4.17. The number of imidazole rings is 1. The molecule has 3 heterocycles. The minimum absolute atomic E-state index is 0.0114. The number of aromatic amines is 1. The highest BCUT2D eigenvalue weighted by atomic mass is 19.1. The van der Waals surface area contributed by atoms with Crippen molar-refractivity contribution in [3.8, 4) is 0 Å². The summed E-state index contributed by atoms with van der Waals surface area (Å²) in [4.78, 5) is 39.2. The number of rotatable bonds is 6. The van der Waals surface area contributed by atoms with Crippen LogP contribution in [0, 0.1) is 11.7 Å². The normalized spacial score (nSPS) is 24.2. The van der Waals surface area contributed by atoms with Crippen LogP contribution in [0.5, 0.6) is 0 Å². The van der Waals surface area contributed by atoms with E-state index in [1.165, 1.54) is 17.0 Å². The number of nitrogens with zero attached hydrogens (tertiary/aromatic N) is 3. The molecule has 36 heavy (non-hydrogen) atoms.